The van der Waals surface area contributed by atoms with Gasteiger partial charge in [0.1, 0.15) is 5.75 Å². The summed E-state index contributed by atoms with van der Waals surface area (Å²) in [7, 11) is 0. The lowest BCUT2D eigenvalue weighted by Crippen LogP contribution is -2.06. The molecule has 0 unspecified atom stereocenters. The highest BCUT2D eigenvalue weighted by Gasteiger charge is 2.29. The zero-order chi connectivity index (χ0) is 11.7. The Hall–Kier alpha value is -1.84. The maximum Gasteiger partial charge on any atom is 0.338 e. The maximum atomic E-state index is 11.5. The number of rotatable bonds is 2. The topological polar surface area (TPSA) is 52.6 Å². The van der Waals surface area contributed by atoms with Crippen molar-refractivity contribution in [1.82, 2.24) is 0 Å². The Balaban J connectivity index is 2.34. The number of esters is 2. The smallest absolute Gasteiger partial charge is 0.338 e. The van der Waals surface area contributed by atoms with Gasteiger partial charge in [-0.3, -0.25) is 4.79 Å². The fourth-order valence-electron chi connectivity index (χ4n) is 1.64. The van der Waals surface area contributed by atoms with E-state index in [0.717, 1.165) is 5.56 Å². The van der Waals surface area contributed by atoms with Gasteiger partial charge in [0.2, 0.25) is 0 Å². The molecular formula is C12H12O4. The first-order valence-electron chi connectivity index (χ1n) is 5.16. The lowest BCUT2D eigenvalue weighted by Gasteiger charge is -2.04. The summed E-state index contributed by atoms with van der Waals surface area (Å²) in [6, 6.07) is 4.88. The lowest BCUT2D eigenvalue weighted by atomic mass is 10.0. The molecular weight excluding hydrogens is 208 g/mol. The molecule has 1 aromatic rings. The summed E-state index contributed by atoms with van der Waals surface area (Å²) in [5.41, 5.74) is 1.20. The number of carbonyl (C=O) groups excluding carboxylic acids is 2. The van der Waals surface area contributed by atoms with Gasteiger partial charge in [0.05, 0.1) is 18.1 Å². The van der Waals surface area contributed by atoms with E-state index in [1.807, 2.05) is 0 Å². The molecule has 0 radical (unpaired) electrons. The van der Waals surface area contributed by atoms with Crippen LogP contribution in [0.25, 0.3) is 0 Å². The van der Waals surface area contributed by atoms with Gasteiger partial charge in [0.15, 0.2) is 0 Å². The monoisotopic (exact) mass is 220 g/mol. The van der Waals surface area contributed by atoms with Gasteiger partial charge < -0.3 is 9.47 Å². The molecule has 0 bridgehead atoms. The van der Waals surface area contributed by atoms with Gasteiger partial charge >= 0.3 is 11.9 Å². The lowest BCUT2D eigenvalue weighted by molar-refractivity contribution is -0.133. The molecule has 0 saturated carbocycles. The van der Waals surface area contributed by atoms with Crippen LogP contribution in [0.2, 0.25) is 0 Å². The predicted octanol–water partition coefficient (Wildman–Crippen LogP) is 1.89. The summed E-state index contributed by atoms with van der Waals surface area (Å²) in [5, 5.41) is 0. The molecule has 1 atom stereocenters. The van der Waals surface area contributed by atoms with Crippen molar-refractivity contribution < 1.29 is 19.1 Å². The standard InChI is InChI=1S/C12H12O4/c1-3-15-12(14)8-4-5-10-9(6-8)7(2)11(13)16-10/h4-7H,3H2,1-2H3/t7-/m1/s1. The molecule has 1 aromatic carbocycles. The molecule has 4 heteroatoms. The number of hydrogen-bond donors (Lipinski definition) is 0. The summed E-state index contributed by atoms with van der Waals surface area (Å²) in [6.45, 7) is 3.84. The van der Waals surface area contributed by atoms with Crippen molar-refractivity contribution in [3.8, 4) is 5.75 Å². The van der Waals surface area contributed by atoms with E-state index in [-0.39, 0.29) is 17.9 Å². The van der Waals surface area contributed by atoms with E-state index >= 15 is 0 Å². The van der Waals surface area contributed by atoms with Crippen molar-refractivity contribution in [1.29, 1.82) is 0 Å². The number of fused-ring (bicyclic) bond motifs is 1. The van der Waals surface area contributed by atoms with E-state index in [2.05, 4.69) is 0 Å². The predicted molar refractivity (Wildman–Crippen MR) is 56.4 cm³/mol. The summed E-state index contributed by atoms with van der Waals surface area (Å²) in [5.74, 6) is -0.442. The summed E-state index contributed by atoms with van der Waals surface area (Å²) < 4.78 is 9.91. The Bertz CT molecular complexity index is 450. The average Bonchev–Trinajstić information content (AvgIpc) is 2.55. The minimum absolute atomic E-state index is 0.281. The molecule has 2 rings (SSSR count). The Labute approximate surface area is 93.2 Å². The molecule has 0 aromatic heterocycles. The van der Waals surface area contributed by atoms with Crippen LogP contribution in [0.3, 0.4) is 0 Å². The second-order valence-corrected chi connectivity index (χ2v) is 3.62. The van der Waals surface area contributed by atoms with E-state index in [1.54, 1.807) is 32.0 Å². The summed E-state index contributed by atoms with van der Waals surface area (Å²) in [4.78, 5) is 22.8. The largest absolute Gasteiger partial charge is 0.462 e. The summed E-state index contributed by atoms with van der Waals surface area (Å²) >= 11 is 0. The minimum atomic E-state index is -0.378. The van der Waals surface area contributed by atoms with Crippen LogP contribution in [0.15, 0.2) is 18.2 Å². The van der Waals surface area contributed by atoms with Crippen molar-refractivity contribution in [3.05, 3.63) is 29.3 Å². The fraction of sp³-hybridized carbons (Fsp3) is 0.333. The first-order chi connectivity index (χ1) is 7.63. The van der Waals surface area contributed by atoms with Crippen molar-refractivity contribution in [2.75, 3.05) is 6.61 Å². The number of hydrogen-bond acceptors (Lipinski definition) is 4. The first kappa shape index (κ1) is 10.7. The molecule has 0 saturated heterocycles. The van der Waals surface area contributed by atoms with Crippen LogP contribution in [0, 0.1) is 0 Å². The zero-order valence-corrected chi connectivity index (χ0v) is 9.15. The van der Waals surface area contributed by atoms with Crippen LogP contribution in [-0.2, 0) is 9.53 Å². The van der Waals surface area contributed by atoms with Crippen molar-refractivity contribution in [2.24, 2.45) is 0 Å². The third kappa shape index (κ3) is 1.66. The molecule has 0 spiro atoms. The van der Waals surface area contributed by atoms with Crippen molar-refractivity contribution in [3.63, 3.8) is 0 Å². The second-order valence-electron chi connectivity index (χ2n) is 3.62. The highest BCUT2D eigenvalue weighted by atomic mass is 16.5. The zero-order valence-electron chi connectivity index (χ0n) is 9.15. The Morgan fingerprint density at radius 1 is 1.50 bits per heavy atom. The maximum absolute atomic E-state index is 11.5. The van der Waals surface area contributed by atoms with E-state index in [0.29, 0.717) is 17.9 Å². The third-order valence-corrected chi connectivity index (χ3v) is 2.55. The summed E-state index contributed by atoms with van der Waals surface area (Å²) in [6.07, 6.45) is 0. The molecule has 4 nitrogen and oxygen atoms in total. The number of carbonyl (C=O) groups is 2. The first-order valence-corrected chi connectivity index (χ1v) is 5.16. The normalized spacial score (nSPS) is 17.9. The molecule has 0 fully saturated rings. The molecule has 1 aliphatic rings. The molecule has 0 aliphatic carbocycles. The van der Waals surface area contributed by atoms with Crippen molar-refractivity contribution in [2.45, 2.75) is 19.8 Å². The molecule has 1 heterocycles. The fourth-order valence-corrected chi connectivity index (χ4v) is 1.64. The van der Waals surface area contributed by atoms with Gasteiger partial charge in [-0.05, 0) is 32.0 Å². The van der Waals surface area contributed by atoms with Crippen LogP contribution in [-0.4, -0.2) is 18.5 Å². The van der Waals surface area contributed by atoms with Crippen LogP contribution in [0.1, 0.15) is 35.7 Å². The van der Waals surface area contributed by atoms with Gasteiger partial charge in [-0.25, -0.2) is 4.79 Å². The Morgan fingerprint density at radius 2 is 2.25 bits per heavy atom. The molecule has 16 heavy (non-hydrogen) atoms. The number of ether oxygens (including phenoxy) is 2. The van der Waals surface area contributed by atoms with Crippen LogP contribution >= 0.6 is 0 Å². The van der Waals surface area contributed by atoms with Crippen LogP contribution < -0.4 is 4.74 Å². The second kappa shape index (κ2) is 3.96. The quantitative estimate of drug-likeness (QED) is 0.564. The van der Waals surface area contributed by atoms with E-state index in [9.17, 15) is 9.59 Å². The number of benzene rings is 1. The molecule has 84 valence electrons. The highest BCUT2D eigenvalue weighted by Crippen LogP contribution is 2.35. The Kier molecular flexibility index (Phi) is 2.64. The molecule has 0 N–H and O–H groups in total. The highest BCUT2D eigenvalue weighted by molar-refractivity contribution is 5.92. The van der Waals surface area contributed by atoms with Crippen LogP contribution in [0.5, 0.6) is 5.75 Å². The molecule has 0 amide bonds. The van der Waals surface area contributed by atoms with Gasteiger partial charge in [-0.15, -0.1) is 0 Å². The Morgan fingerprint density at radius 3 is 2.94 bits per heavy atom. The van der Waals surface area contributed by atoms with Crippen LogP contribution in [0.4, 0.5) is 0 Å². The molecule has 1 aliphatic heterocycles. The van der Waals surface area contributed by atoms with Gasteiger partial charge in [0.25, 0.3) is 0 Å². The third-order valence-electron chi connectivity index (χ3n) is 2.55. The van der Waals surface area contributed by atoms with Gasteiger partial charge in [-0.1, -0.05) is 0 Å². The van der Waals surface area contributed by atoms with E-state index in [4.69, 9.17) is 9.47 Å². The SMILES string of the molecule is CCOC(=O)c1ccc2c(c1)[C@@H](C)C(=O)O2. The van der Waals surface area contributed by atoms with E-state index < -0.39 is 0 Å². The minimum Gasteiger partial charge on any atom is -0.462 e. The average molecular weight is 220 g/mol. The van der Waals surface area contributed by atoms with Gasteiger partial charge in [-0.2, -0.15) is 0 Å². The van der Waals surface area contributed by atoms with E-state index in [1.165, 1.54) is 0 Å². The van der Waals surface area contributed by atoms with Gasteiger partial charge in [0, 0.05) is 5.56 Å². The van der Waals surface area contributed by atoms with Crippen molar-refractivity contribution >= 4 is 11.9 Å².